The predicted molar refractivity (Wildman–Crippen MR) is 124 cm³/mol. The summed E-state index contributed by atoms with van der Waals surface area (Å²) in [6, 6.07) is 6.12. The van der Waals surface area contributed by atoms with Gasteiger partial charge in [-0.3, -0.25) is 21.0 Å². The zero-order valence-electron chi connectivity index (χ0n) is 18.7. The molecule has 16 heteroatoms. The molecular weight excluding hydrogens is 582 g/mol. The lowest BCUT2D eigenvalue weighted by atomic mass is 9.90. The Balaban J connectivity index is 2.18. The second kappa shape index (κ2) is 11.0. The van der Waals surface area contributed by atoms with E-state index in [1.807, 2.05) is 0 Å². The van der Waals surface area contributed by atoms with Crippen LogP contribution in [0.4, 0.5) is 46.9 Å². The summed E-state index contributed by atoms with van der Waals surface area (Å²) in [5, 5.41) is 2.29. The van der Waals surface area contributed by atoms with E-state index in [0.717, 1.165) is 13.8 Å². The van der Waals surface area contributed by atoms with Crippen molar-refractivity contribution in [3.8, 4) is 0 Å². The molecule has 2 aromatic rings. The largest absolute Gasteiger partial charge is 0.445 e. The van der Waals surface area contributed by atoms with Gasteiger partial charge in [0, 0.05) is 16.8 Å². The number of hydrazine groups is 1. The van der Waals surface area contributed by atoms with Crippen LogP contribution in [-0.4, -0.2) is 34.8 Å². The highest BCUT2D eigenvalue weighted by Crippen LogP contribution is 2.53. The van der Waals surface area contributed by atoms with Gasteiger partial charge in [0.05, 0.1) is 5.69 Å². The Hall–Kier alpha value is -2.64. The second-order valence-electron chi connectivity index (χ2n) is 7.62. The van der Waals surface area contributed by atoms with E-state index in [4.69, 9.17) is 39.5 Å². The molecule has 6 nitrogen and oxygen atoms in total. The molecule has 0 bridgehead atoms. The third-order valence-corrected chi connectivity index (χ3v) is 5.08. The zero-order chi connectivity index (χ0) is 28.4. The first kappa shape index (κ1) is 30.6. The highest BCUT2D eigenvalue weighted by Gasteiger charge is 2.73. The number of hydrogen-bond acceptors (Lipinski definition) is 4. The predicted octanol–water partition coefficient (Wildman–Crippen LogP) is 7.27. The molecular formula is C21H17Cl3F7N3O3. The van der Waals surface area contributed by atoms with Gasteiger partial charge in [0.25, 0.3) is 5.91 Å². The topological polar surface area (TPSA) is 79.5 Å². The van der Waals surface area contributed by atoms with Crippen LogP contribution < -0.4 is 16.2 Å². The van der Waals surface area contributed by atoms with E-state index >= 15 is 0 Å². The molecule has 2 aromatic carbocycles. The number of anilines is 2. The highest BCUT2D eigenvalue weighted by atomic mass is 35.6. The van der Waals surface area contributed by atoms with E-state index in [2.05, 4.69) is 16.2 Å². The van der Waals surface area contributed by atoms with Crippen molar-refractivity contribution in [3.05, 3.63) is 58.7 Å². The molecule has 0 saturated carbocycles. The maximum atomic E-state index is 14.4. The number of carbonyl (C=O) groups excluding carboxylic acids is 2. The van der Waals surface area contributed by atoms with Crippen LogP contribution in [0.3, 0.4) is 0 Å². The van der Waals surface area contributed by atoms with Crippen molar-refractivity contribution >= 4 is 58.2 Å². The summed E-state index contributed by atoms with van der Waals surface area (Å²) in [6.45, 7) is 1.71. The minimum atomic E-state index is -6.26. The molecule has 3 N–H and O–H groups in total. The molecule has 0 radical (unpaired) electrons. The van der Waals surface area contributed by atoms with Crippen molar-refractivity contribution in [2.45, 2.75) is 35.7 Å². The third-order valence-electron chi connectivity index (χ3n) is 4.75. The van der Waals surface area contributed by atoms with E-state index in [1.165, 1.54) is 24.3 Å². The van der Waals surface area contributed by atoms with Crippen molar-refractivity contribution in [2.75, 3.05) is 17.3 Å². The average Bonchev–Trinajstić information content (AvgIpc) is 2.74. The second-order valence-corrected chi connectivity index (χ2v) is 10.1. The van der Waals surface area contributed by atoms with Crippen molar-refractivity contribution in [2.24, 2.45) is 0 Å². The van der Waals surface area contributed by atoms with Crippen LogP contribution in [0.5, 0.6) is 0 Å². The first-order chi connectivity index (χ1) is 16.8. The molecule has 0 spiro atoms. The summed E-state index contributed by atoms with van der Waals surface area (Å²) in [5.74, 6) is -0.799. The number of hydrogen-bond donors (Lipinski definition) is 3. The highest BCUT2D eigenvalue weighted by molar-refractivity contribution is 6.67. The van der Waals surface area contributed by atoms with Crippen molar-refractivity contribution in [3.63, 3.8) is 0 Å². The van der Waals surface area contributed by atoms with Crippen LogP contribution >= 0.6 is 34.8 Å². The van der Waals surface area contributed by atoms with Gasteiger partial charge in [-0.05, 0) is 43.2 Å². The fourth-order valence-electron chi connectivity index (χ4n) is 3.08. The van der Waals surface area contributed by atoms with E-state index in [1.54, 1.807) is 0 Å². The number of benzene rings is 2. The van der Waals surface area contributed by atoms with Gasteiger partial charge in [-0.1, -0.05) is 53.0 Å². The summed E-state index contributed by atoms with van der Waals surface area (Å²) >= 11 is 16.4. The quantitative estimate of drug-likeness (QED) is 0.186. The molecule has 0 aliphatic rings. The molecule has 2 rings (SSSR count). The molecule has 0 aromatic heterocycles. The van der Waals surface area contributed by atoms with Gasteiger partial charge in [-0.25, -0.2) is 9.18 Å². The summed E-state index contributed by atoms with van der Waals surface area (Å²) in [4.78, 5) is 24.3. The fraction of sp³-hybridized carbons (Fsp3) is 0.333. The van der Waals surface area contributed by atoms with Crippen molar-refractivity contribution in [1.29, 1.82) is 0 Å². The number of carbonyl (C=O) groups is 2. The van der Waals surface area contributed by atoms with E-state index in [-0.39, 0.29) is 28.1 Å². The molecule has 37 heavy (non-hydrogen) atoms. The Labute approximate surface area is 220 Å². The van der Waals surface area contributed by atoms with Gasteiger partial charge in [0.2, 0.25) is 3.79 Å². The van der Waals surface area contributed by atoms with Gasteiger partial charge in [0.1, 0.15) is 6.61 Å². The average molecular weight is 599 g/mol. The number of halogens is 10. The molecule has 0 saturated heterocycles. The number of ether oxygens (including phenoxy) is 1. The molecule has 0 aliphatic heterocycles. The normalized spacial score (nSPS) is 12.6. The lowest BCUT2D eigenvalue weighted by Crippen LogP contribution is -2.50. The van der Waals surface area contributed by atoms with Gasteiger partial charge >= 0.3 is 24.1 Å². The Morgan fingerprint density at radius 2 is 1.43 bits per heavy atom. The van der Waals surface area contributed by atoms with Crippen LogP contribution in [0.1, 0.15) is 27.0 Å². The van der Waals surface area contributed by atoms with E-state index in [0.29, 0.717) is 12.1 Å². The Morgan fingerprint density at radius 3 is 1.92 bits per heavy atom. The molecule has 0 aliphatic carbocycles. The summed E-state index contributed by atoms with van der Waals surface area (Å²) < 4.78 is 95.7. The molecule has 0 fully saturated rings. The molecule has 0 heterocycles. The summed E-state index contributed by atoms with van der Waals surface area (Å²) in [6.07, 6.45) is -13.5. The monoisotopic (exact) mass is 597 g/mol. The summed E-state index contributed by atoms with van der Waals surface area (Å²) in [5.41, 5.74) is -3.03. The maximum Gasteiger partial charge on any atom is 0.435 e. The minimum absolute atomic E-state index is 0.0180. The standard InChI is InChI=1S/C21H17Cl3F7N3O3/c1-10-6-13(19(25,20(26,27)28)21(29,30)31)7-11(2)15(10)33-34-16(35)12-4-3-5-14(8-12)32-17(36)37-9-18(22,23)24/h3-8,33H,9H2,1-2H3,(H,32,36)(H,34,35). The fourth-order valence-corrected chi connectivity index (χ4v) is 3.24. The Kier molecular flexibility index (Phi) is 9.09. The first-order valence-corrected chi connectivity index (χ1v) is 11.0. The maximum absolute atomic E-state index is 14.4. The van der Waals surface area contributed by atoms with Crippen LogP contribution in [-0.2, 0) is 10.4 Å². The van der Waals surface area contributed by atoms with Crippen molar-refractivity contribution in [1.82, 2.24) is 5.43 Å². The van der Waals surface area contributed by atoms with Crippen LogP contribution in [0.25, 0.3) is 0 Å². The van der Waals surface area contributed by atoms with E-state index in [9.17, 15) is 40.3 Å². The number of rotatable bonds is 6. The summed E-state index contributed by atoms with van der Waals surface area (Å²) in [7, 11) is 0. The number of amides is 2. The van der Waals surface area contributed by atoms with Crippen LogP contribution in [0, 0.1) is 13.8 Å². The van der Waals surface area contributed by atoms with Crippen LogP contribution in [0.15, 0.2) is 36.4 Å². The molecule has 0 atom stereocenters. The van der Waals surface area contributed by atoms with Gasteiger partial charge < -0.3 is 4.74 Å². The SMILES string of the molecule is Cc1cc(C(F)(C(F)(F)F)C(F)(F)F)cc(C)c1NNC(=O)c1cccc(NC(=O)OCC(Cl)(Cl)Cl)c1. The van der Waals surface area contributed by atoms with Gasteiger partial charge in [-0.15, -0.1) is 0 Å². The Bertz CT molecular complexity index is 1130. The molecule has 0 unspecified atom stereocenters. The van der Waals surface area contributed by atoms with Crippen molar-refractivity contribution < 1.29 is 45.1 Å². The number of aryl methyl sites for hydroxylation is 2. The minimum Gasteiger partial charge on any atom is -0.445 e. The number of alkyl halides is 10. The first-order valence-electron chi connectivity index (χ1n) is 9.87. The van der Waals surface area contributed by atoms with Crippen LogP contribution in [0.2, 0.25) is 0 Å². The molecule has 2 amide bonds. The Morgan fingerprint density at radius 1 is 0.892 bits per heavy atom. The number of nitrogens with one attached hydrogen (secondary N) is 3. The smallest absolute Gasteiger partial charge is 0.435 e. The lowest BCUT2D eigenvalue weighted by Gasteiger charge is -2.31. The zero-order valence-corrected chi connectivity index (χ0v) is 20.9. The van der Waals surface area contributed by atoms with Gasteiger partial charge in [0.15, 0.2) is 0 Å². The van der Waals surface area contributed by atoms with Gasteiger partial charge in [-0.2, -0.15) is 26.3 Å². The lowest BCUT2D eigenvalue weighted by molar-refractivity contribution is -0.348. The molecule has 204 valence electrons. The third kappa shape index (κ3) is 7.45. The van der Waals surface area contributed by atoms with E-state index < -0.39 is 46.0 Å².